The fourth-order valence-electron chi connectivity index (χ4n) is 2.99. The highest BCUT2D eigenvalue weighted by Crippen LogP contribution is 2.16. The molecule has 1 unspecified atom stereocenters. The van der Waals surface area contributed by atoms with Gasteiger partial charge in [-0.15, -0.1) is 0 Å². The minimum atomic E-state index is -0.0876. The molecule has 0 saturated carbocycles. The van der Waals surface area contributed by atoms with E-state index in [-0.39, 0.29) is 5.82 Å². The Hall–Kier alpha value is -0.970. The zero-order valence-electron chi connectivity index (χ0n) is 12.8. The van der Waals surface area contributed by atoms with Crippen LogP contribution in [0.2, 0.25) is 0 Å². The first-order valence-electron chi connectivity index (χ1n) is 7.52. The van der Waals surface area contributed by atoms with Gasteiger partial charge in [0.15, 0.2) is 0 Å². The van der Waals surface area contributed by atoms with Gasteiger partial charge in [-0.3, -0.25) is 9.80 Å². The summed E-state index contributed by atoms with van der Waals surface area (Å²) >= 11 is 0. The van der Waals surface area contributed by atoms with Gasteiger partial charge in [0.1, 0.15) is 5.82 Å². The van der Waals surface area contributed by atoms with Gasteiger partial charge >= 0.3 is 0 Å². The predicted molar refractivity (Wildman–Crippen MR) is 81.1 cm³/mol. The van der Waals surface area contributed by atoms with E-state index in [1.807, 2.05) is 19.2 Å². The number of likely N-dealkylation sites (N-methyl/N-ethyl adjacent to an activating group) is 1. The molecule has 0 spiro atoms. The maximum atomic E-state index is 13.9. The second-order valence-corrected chi connectivity index (χ2v) is 5.67. The van der Waals surface area contributed by atoms with Crippen molar-refractivity contribution in [1.29, 1.82) is 0 Å². The van der Waals surface area contributed by atoms with Gasteiger partial charge in [-0.1, -0.05) is 19.1 Å². The van der Waals surface area contributed by atoms with Gasteiger partial charge in [0.2, 0.25) is 0 Å². The quantitative estimate of drug-likeness (QED) is 0.890. The Morgan fingerprint density at radius 3 is 2.80 bits per heavy atom. The van der Waals surface area contributed by atoms with Crippen molar-refractivity contribution in [2.24, 2.45) is 0 Å². The highest BCUT2D eigenvalue weighted by atomic mass is 19.1. The molecule has 1 saturated heterocycles. The number of rotatable bonds is 5. The molecule has 4 heteroatoms. The van der Waals surface area contributed by atoms with Gasteiger partial charge in [0.25, 0.3) is 0 Å². The van der Waals surface area contributed by atoms with Gasteiger partial charge in [-0.25, -0.2) is 4.39 Å². The van der Waals surface area contributed by atoms with Gasteiger partial charge in [-0.2, -0.15) is 0 Å². The first-order chi connectivity index (χ1) is 9.63. The van der Waals surface area contributed by atoms with Gasteiger partial charge < -0.3 is 5.32 Å². The number of hydrogen-bond acceptors (Lipinski definition) is 3. The standard InChI is InChI=1S/C16H26FN3/c1-4-20-8-7-19(11-13(20)2)12-15-9-14(10-18-3)5-6-16(15)17/h5-6,9,13,18H,4,7-8,10-12H2,1-3H3. The number of hydrogen-bond donors (Lipinski definition) is 1. The third-order valence-corrected chi connectivity index (χ3v) is 4.14. The third-order valence-electron chi connectivity index (χ3n) is 4.14. The minimum Gasteiger partial charge on any atom is -0.316 e. The minimum absolute atomic E-state index is 0.0876. The van der Waals surface area contributed by atoms with E-state index in [1.54, 1.807) is 6.07 Å². The Balaban J connectivity index is 2.01. The van der Waals surface area contributed by atoms with Crippen LogP contribution in [0.5, 0.6) is 0 Å². The van der Waals surface area contributed by atoms with Crippen molar-refractivity contribution in [3.63, 3.8) is 0 Å². The molecule has 1 aliphatic heterocycles. The lowest BCUT2D eigenvalue weighted by atomic mass is 10.1. The number of nitrogens with zero attached hydrogens (tertiary/aromatic N) is 2. The van der Waals surface area contributed by atoms with Crippen molar-refractivity contribution in [1.82, 2.24) is 15.1 Å². The van der Waals surface area contributed by atoms with Crippen LogP contribution in [-0.4, -0.2) is 49.1 Å². The van der Waals surface area contributed by atoms with E-state index < -0.39 is 0 Å². The molecule has 1 fully saturated rings. The molecule has 0 bridgehead atoms. The summed E-state index contributed by atoms with van der Waals surface area (Å²) in [4.78, 5) is 4.84. The van der Waals surface area contributed by atoms with E-state index in [1.165, 1.54) is 0 Å². The van der Waals surface area contributed by atoms with Gasteiger partial charge in [-0.05, 0) is 32.1 Å². The Morgan fingerprint density at radius 2 is 2.15 bits per heavy atom. The SMILES string of the molecule is CCN1CCN(Cc2cc(CNC)ccc2F)CC1C. The van der Waals surface area contributed by atoms with E-state index in [2.05, 4.69) is 29.0 Å². The Kier molecular flexibility index (Phi) is 5.52. The van der Waals surface area contributed by atoms with Crippen molar-refractivity contribution in [3.8, 4) is 0 Å². The summed E-state index contributed by atoms with van der Waals surface area (Å²) in [5, 5.41) is 3.11. The van der Waals surface area contributed by atoms with E-state index in [0.29, 0.717) is 12.6 Å². The molecule has 112 valence electrons. The van der Waals surface area contributed by atoms with Gasteiger partial charge in [0.05, 0.1) is 0 Å². The van der Waals surface area contributed by atoms with Crippen molar-refractivity contribution < 1.29 is 4.39 Å². The average Bonchev–Trinajstić information content (AvgIpc) is 2.43. The lowest BCUT2D eigenvalue weighted by Gasteiger charge is -2.39. The highest BCUT2D eigenvalue weighted by molar-refractivity contribution is 5.25. The number of benzene rings is 1. The summed E-state index contributed by atoms with van der Waals surface area (Å²) in [6.45, 7) is 10.2. The second kappa shape index (κ2) is 7.16. The van der Waals surface area contributed by atoms with E-state index in [0.717, 1.165) is 43.9 Å². The normalized spacial score (nSPS) is 21.3. The van der Waals surface area contributed by atoms with Crippen LogP contribution in [0.4, 0.5) is 4.39 Å². The lowest BCUT2D eigenvalue weighted by molar-refractivity contribution is 0.0827. The summed E-state index contributed by atoms with van der Waals surface area (Å²) < 4.78 is 13.9. The molecule has 0 radical (unpaired) electrons. The van der Waals surface area contributed by atoms with Crippen LogP contribution in [0.25, 0.3) is 0 Å². The van der Waals surface area contributed by atoms with Crippen LogP contribution < -0.4 is 5.32 Å². The molecule has 1 aliphatic rings. The highest BCUT2D eigenvalue weighted by Gasteiger charge is 2.22. The molecule has 1 atom stereocenters. The molecule has 3 nitrogen and oxygen atoms in total. The fourth-order valence-corrected chi connectivity index (χ4v) is 2.99. The predicted octanol–water partition coefficient (Wildman–Crippen LogP) is 2.07. The zero-order valence-corrected chi connectivity index (χ0v) is 12.8. The molecule has 0 aromatic heterocycles. The Labute approximate surface area is 121 Å². The summed E-state index contributed by atoms with van der Waals surface area (Å²) in [7, 11) is 1.91. The van der Waals surface area contributed by atoms with Crippen LogP contribution in [0.15, 0.2) is 18.2 Å². The molecule has 0 amide bonds. The van der Waals surface area contributed by atoms with E-state index in [4.69, 9.17) is 0 Å². The average molecular weight is 279 g/mol. The number of nitrogens with one attached hydrogen (secondary N) is 1. The maximum Gasteiger partial charge on any atom is 0.127 e. The Bertz CT molecular complexity index is 436. The second-order valence-electron chi connectivity index (χ2n) is 5.67. The first kappa shape index (κ1) is 15.4. The molecule has 0 aliphatic carbocycles. The van der Waals surface area contributed by atoms with E-state index >= 15 is 0 Å². The van der Waals surface area contributed by atoms with Crippen LogP contribution in [-0.2, 0) is 13.1 Å². The van der Waals surface area contributed by atoms with Crippen molar-refractivity contribution in [2.75, 3.05) is 33.2 Å². The van der Waals surface area contributed by atoms with Crippen molar-refractivity contribution >= 4 is 0 Å². The summed E-state index contributed by atoms with van der Waals surface area (Å²) in [5.41, 5.74) is 1.96. The largest absolute Gasteiger partial charge is 0.316 e. The van der Waals surface area contributed by atoms with Crippen molar-refractivity contribution in [2.45, 2.75) is 33.0 Å². The van der Waals surface area contributed by atoms with Crippen LogP contribution in [0.1, 0.15) is 25.0 Å². The molecule has 1 N–H and O–H groups in total. The Morgan fingerprint density at radius 1 is 1.35 bits per heavy atom. The van der Waals surface area contributed by atoms with Crippen molar-refractivity contribution in [3.05, 3.63) is 35.1 Å². The lowest BCUT2D eigenvalue weighted by Crippen LogP contribution is -2.51. The van der Waals surface area contributed by atoms with Gasteiger partial charge in [0, 0.05) is 44.3 Å². The summed E-state index contributed by atoms with van der Waals surface area (Å²) in [6, 6.07) is 5.99. The topological polar surface area (TPSA) is 18.5 Å². The van der Waals surface area contributed by atoms with Crippen LogP contribution >= 0.6 is 0 Å². The summed E-state index contributed by atoms with van der Waals surface area (Å²) in [6.07, 6.45) is 0. The third kappa shape index (κ3) is 3.78. The van der Waals surface area contributed by atoms with Crippen LogP contribution in [0.3, 0.4) is 0 Å². The maximum absolute atomic E-state index is 13.9. The molecular formula is C16H26FN3. The fraction of sp³-hybridized carbons (Fsp3) is 0.625. The number of piperazine rings is 1. The monoisotopic (exact) mass is 279 g/mol. The summed E-state index contributed by atoms with van der Waals surface area (Å²) in [5.74, 6) is -0.0876. The zero-order chi connectivity index (χ0) is 14.5. The van der Waals surface area contributed by atoms with Crippen LogP contribution in [0, 0.1) is 5.82 Å². The molecular weight excluding hydrogens is 253 g/mol. The smallest absolute Gasteiger partial charge is 0.127 e. The molecule has 20 heavy (non-hydrogen) atoms. The first-order valence-corrected chi connectivity index (χ1v) is 7.52. The molecule has 2 rings (SSSR count). The molecule has 1 aromatic rings. The van der Waals surface area contributed by atoms with E-state index in [9.17, 15) is 4.39 Å². The number of halogens is 1. The molecule has 1 aromatic carbocycles. The molecule has 1 heterocycles.